The largest absolute Gasteiger partial charge is 0.476 e. The van der Waals surface area contributed by atoms with Gasteiger partial charge in [0, 0.05) is 13.2 Å². The van der Waals surface area contributed by atoms with Crippen molar-refractivity contribution in [3.63, 3.8) is 0 Å². The molecule has 1 aliphatic rings. The van der Waals surface area contributed by atoms with Crippen LogP contribution in [0.25, 0.3) is 11.0 Å². The molecule has 0 bridgehead atoms. The van der Waals surface area contributed by atoms with Crippen LogP contribution in [-0.4, -0.2) is 34.2 Å². The van der Waals surface area contributed by atoms with E-state index in [0.29, 0.717) is 5.88 Å². The molecule has 1 aliphatic heterocycles. The third-order valence-electron chi connectivity index (χ3n) is 3.54. The molecule has 0 aromatic carbocycles. The van der Waals surface area contributed by atoms with Gasteiger partial charge in [0.2, 0.25) is 5.88 Å². The summed E-state index contributed by atoms with van der Waals surface area (Å²) in [7, 11) is 1.98. The molecular formula is C13H18N4O. The zero-order chi connectivity index (χ0) is 12.4. The normalized spacial score (nSPS) is 19.5. The summed E-state index contributed by atoms with van der Waals surface area (Å²) in [6, 6.07) is 1.95. The molecule has 1 unspecified atom stereocenters. The smallest absolute Gasteiger partial charge is 0.242 e. The van der Waals surface area contributed by atoms with Gasteiger partial charge in [0.15, 0.2) is 5.52 Å². The van der Waals surface area contributed by atoms with Crippen LogP contribution in [0, 0.1) is 5.92 Å². The number of aryl methyl sites for hydroxylation is 1. The van der Waals surface area contributed by atoms with E-state index < -0.39 is 0 Å². The summed E-state index contributed by atoms with van der Waals surface area (Å²) < 4.78 is 7.76. The molecule has 0 saturated carbocycles. The minimum atomic E-state index is 0.652. The van der Waals surface area contributed by atoms with Crippen LogP contribution >= 0.6 is 0 Å². The van der Waals surface area contributed by atoms with E-state index in [9.17, 15) is 0 Å². The van der Waals surface area contributed by atoms with Gasteiger partial charge in [-0.05, 0) is 37.9 Å². The summed E-state index contributed by atoms with van der Waals surface area (Å²) >= 11 is 0. The molecule has 0 radical (unpaired) electrons. The quantitative estimate of drug-likeness (QED) is 0.884. The molecule has 1 atom stereocenters. The number of ether oxygens (including phenoxy) is 1. The Morgan fingerprint density at radius 3 is 3.28 bits per heavy atom. The lowest BCUT2D eigenvalue weighted by molar-refractivity contribution is 0.277. The molecule has 0 aliphatic carbocycles. The highest BCUT2D eigenvalue weighted by atomic mass is 16.5. The third-order valence-corrected chi connectivity index (χ3v) is 3.54. The maximum absolute atomic E-state index is 5.78. The molecule has 0 spiro atoms. The van der Waals surface area contributed by atoms with Crippen molar-refractivity contribution in [1.82, 2.24) is 19.9 Å². The van der Waals surface area contributed by atoms with Gasteiger partial charge in [0.05, 0.1) is 18.5 Å². The molecule has 1 fully saturated rings. The standard InChI is InChI=1S/C13H18N4O/c1-17-9-16-12-11(17)3-6-15-13(12)18-7-4-10-2-5-14-8-10/h3,6,9-10,14H,2,4-5,7-8H2,1H3. The summed E-state index contributed by atoms with van der Waals surface area (Å²) in [4.78, 5) is 8.60. The van der Waals surface area contributed by atoms with E-state index in [1.54, 1.807) is 12.5 Å². The maximum Gasteiger partial charge on any atom is 0.242 e. The highest BCUT2D eigenvalue weighted by Gasteiger charge is 2.15. The van der Waals surface area contributed by atoms with Gasteiger partial charge in [0.25, 0.3) is 0 Å². The van der Waals surface area contributed by atoms with E-state index in [2.05, 4.69) is 15.3 Å². The molecule has 1 saturated heterocycles. The molecule has 5 heteroatoms. The molecule has 2 aromatic heterocycles. The number of rotatable bonds is 4. The summed E-state index contributed by atoms with van der Waals surface area (Å²) in [5.74, 6) is 1.40. The van der Waals surface area contributed by atoms with Crippen LogP contribution in [0.15, 0.2) is 18.6 Å². The Kier molecular flexibility index (Phi) is 3.15. The van der Waals surface area contributed by atoms with Crippen molar-refractivity contribution in [3.05, 3.63) is 18.6 Å². The van der Waals surface area contributed by atoms with Crippen LogP contribution in [0.5, 0.6) is 5.88 Å². The monoisotopic (exact) mass is 246 g/mol. The van der Waals surface area contributed by atoms with Crippen molar-refractivity contribution in [2.75, 3.05) is 19.7 Å². The van der Waals surface area contributed by atoms with E-state index in [1.807, 2.05) is 17.7 Å². The number of pyridine rings is 1. The highest BCUT2D eigenvalue weighted by molar-refractivity contribution is 5.79. The van der Waals surface area contributed by atoms with Crippen LogP contribution in [0.2, 0.25) is 0 Å². The number of fused-ring (bicyclic) bond motifs is 1. The van der Waals surface area contributed by atoms with Crippen LogP contribution in [0.4, 0.5) is 0 Å². The fourth-order valence-corrected chi connectivity index (χ4v) is 2.43. The number of aromatic nitrogens is 3. The lowest BCUT2D eigenvalue weighted by atomic mass is 10.1. The number of imidazole rings is 1. The summed E-state index contributed by atoms with van der Waals surface area (Å²) in [6.07, 6.45) is 5.90. The Balaban J connectivity index is 1.66. The van der Waals surface area contributed by atoms with Crippen LogP contribution in [0.3, 0.4) is 0 Å². The topological polar surface area (TPSA) is 52.0 Å². The Bertz CT molecular complexity index is 531. The molecule has 3 rings (SSSR count). The van der Waals surface area contributed by atoms with Crippen molar-refractivity contribution >= 4 is 11.0 Å². The first-order chi connectivity index (χ1) is 8.84. The van der Waals surface area contributed by atoms with Gasteiger partial charge in [-0.25, -0.2) is 9.97 Å². The van der Waals surface area contributed by atoms with Gasteiger partial charge < -0.3 is 14.6 Å². The minimum absolute atomic E-state index is 0.652. The first kappa shape index (κ1) is 11.5. The maximum atomic E-state index is 5.78. The predicted octanol–water partition coefficient (Wildman–Crippen LogP) is 1.35. The molecule has 5 nitrogen and oxygen atoms in total. The molecule has 3 heterocycles. The van der Waals surface area contributed by atoms with Crippen molar-refractivity contribution in [1.29, 1.82) is 0 Å². The second-order valence-electron chi connectivity index (χ2n) is 4.84. The van der Waals surface area contributed by atoms with Crippen molar-refractivity contribution in [3.8, 4) is 5.88 Å². The summed E-state index contributed by atoms with van der Waals surface area (Å²) in [5, 5.41) is 3.37. The summed E-state index contributed by atoms with van der Waals surface area (Å²) in [5.41, 5.74) is 1.91. The first-order valence-electron chi connectivity index (χ1n) is 6.44. The third kappa shape index (κ3) is 2.18. The zero-order valence-corrected chi connectivity index (χ0v) is 10.6. The second kappa shape index (κ2) is 4.94. The minimum Gasteiger partial charge on any atom is -0.476 e. The van der Waals surface area contributed by atoms with Crippen LogP contribution < -0.4 is 10.1 Å². The molecular weight excluding hydrogens is 228 g/mol. The predicted molar refractivity (Wildman–Crippen MR) is 69.6 cm³/mol. The van der Waals surface area contributed by atoms with E-state index >= 15 is 0 Å². The molecule has 18 heavy (non-hydrogen) atoms. The molecule has 2 aromatic rings. The highest BCUT2D eigenvalue weighted by Crippen LogP contribution is 2.21. The van der Waals surface area contributed by atoms with E-state index in [1.165, 1.54) is 6.42 Å². The van der Waals surface area contributed by atoms with Gasteiger partial charge in [-0.2, -0.15) is 0 Å². The van der Waals surface area contributed by atoms with Crippen molar-refractivity contribution < 1.29 is 4.74 Å². The Morgan fingerprint density at radius 1 is 1.50 bits per heavy atom. The lowest BCUT2D eigenvalue weighted by Crippen LogP contribution is -2.12. The van der Waals surface area contributed by atoms with Gasteiger partial charge in [-0.3, -0.25) is 0 Å². The van der Waals surface area contributed by atoms with Crippen molar-refractivity contribution in [2.24, 2.45) is 13.0 Å². The Hall–Kier alpha value is -1.62. The molecule has 1 N–H and O–H groups in total. The second-order valence-corrected chi connectivity index (χ2v) is 4.84. The number of nitrogens with one attached hydrogen (secondary N) is 1. The van der Waals surface area contributed by atoms with E-state index in [4.69, 9.17) is 4.74 Å². The first-order valence-corrected chi connectivity index (χ1v) is 6.44. The Labute approximate surface area is 106 Å². The zero-order valence-electron chi connectivity index (χ0n) is 10.6. The summed E-state index contributed by atoms with van der Waals surface area (Å²) in [6.45, 7) is 2.97. The van der Waals surface area contributed by atoms with Gasteiger partial charge >= 0.3 is 0 Å². The van der Waals surface area contributed by atoms with Crippen molar-refractivity contribution in [2.45, 2.75) is 12.8 Å². The molecule has 96 valence electrons. The molecule has 0 amide bonds. The fourth-order valence-electron chi connectivity index (χ4n) is 2.43. The number of hydrogen-bond acceptors (Lipinski definition) is 4. The van der Waals surface area contributed by atoms with Gasteiger partial charge in [-0.15, -0.1) is 0 Å². The van der Waals surface area contributed by atoms with Gasteiger partial charge in [0.1, 0.15) is 0 Å². The Morgan fingerprint density at radius 2 is 2.44 bits per heavy atom. The number of nitrogens with zero attached hydrogens (tertiary/aromatic N) is 3. The van der Waals surface area contributed by atoms with Crippen LogP contribution in [0.1, 0.15) is 12.8 Å². The van der Waals surface area contributed by atoms with Crippen LogP contribution in [-0.2, 0) is 7.05 Å². The number of hydrogen-bond donors (Lipinski definition) is 1. The van der Waals surface area contributed by atoms with Gasteiger partial charge in [-0.1, -0.05) is 0 Å². The SMILES string of the molecule is Cn1cnc2c(OCCC3CCNC3)nccc21. The fraction of sp³-hybridized carbons (Fsp3) is 0.538. The lowest BCUT2D eigenvalue weighted by Gasteiger charge is -2.09. The van der Waals surface area contributed by atoms with E-state index in [-0.39, 0.29) is 0 Å². The average molecular weight is 246 g/mol. The average Bonchev–Trinajstić information content (AvgIpc) is 3.01. The van der Waals surface area contributed by atoms with E-state index in [0.717, 1.165) is 43.1 Å².